The molecule has 2 heterocycles. The predicted octanol–water partition coefficient (Wildman–Crippen LogP) is 5.33. The minimum Gasteiger partial charge on any atom is -0.478 e. The fourth-order valence-corrected chi connectivity index (χ4v) is 3.60. The predicted molar refractivity (Wildman–Crippen MR) is 113 cm³/mol. The van der Waals surface area contributed by atoms with E-state index in [2.05, 4.69) is 4.98 Å². The fourth-order valence-electron chi connectivity index (χ4n) is 2.80. The minimum absolute atomic E-state index is 0.0675. The maximum atomic E-state index is 13.8. The summed E-state index contributed by atoms with van der Waals surface area (Å²) < 4.78 is 27.3. The van der Waals surface area contributed by atoms with Crippen LogP contribution in [0.15, 0.2) is 54.0 Å². The van der Waals surface area contributed by atoms with Crippen molar-refractivity contribution in [2.24, 2.45) is 0 Å². The number of carbonyl (C=O) groups excluding carboxylic acids is 1. The number of hydrogen-bond acceptors (Lipinski definition) is 5. The van der Waals surface area contributed by atoms with E-state index in [1.54, 1.807) is 6.20 Å². The Bertz CT molecular complexity index is 1250. The van der Waals surface area contributed by atoms with Crippen molar-refractivity contribution in [1.82, 2.24) is 4.98 Å². The van der Waals surface area contributed by atoms with Crippen LogP contribution in [0.1, 0.15) is 26.3 Å². The molecule has 0 aliphatic heterocycles. The summed E-state index contributed by atoms with van der Waals surface area (Å²) in [6.45, 7) is 1.43. The molecule has 0 unspecified atom stereocenters. The summed E-state index contributed by atoms with van der Waals surface area (Å²) in [5.41, 5.74) is 7.03. The molecular formula is C22H16F2N2O3S. The van der Waals surface area contributed by atoms with Crippen molar-refractivity contribution in [3.63, 3.8) is 0 Å². The number of hydrogen-bond donors (Lipinski definition) is 2. The number of thiophene rings is 1. The summed E-state index contributed by atoms with van der Waals surface area (Å²) in [7, 11) is 0. The van der Waals surface area contributed by atoms with Crippen molar-refractivity contribution < 1.29 is 23.5 Å². The number of nitrogen functional groups attached to an aromatic ring is 1. The maximum Gasteiger partial charge on any atom is 0.339 e. The molecule has 5 nitrogen and oxygen atoms in total. The van der Waals surface area contributed by atoms with Crippen LogP contribution < -0.4 is 5.73 Å². The number of pyridine rings is 1. The van der Waals surface area contributed by atoms with Gasteiger partial charge in [0.25, 0.3) is 0 Å². The quantitative estimate of drug-likeness (QED) is 0.432. The number of nitrogens with two attached hydrogens (primary N) is 1. The van der Waals surface area contributed by atoms with Crippen LogP contribution in [0.25, 0.3) is 22.0 Å². The highest BCUT2D eigenvalue weighted by molar-refractivity contribution is 7.14. The van der Waals surface area contributed by atoms with E-state index in [0.29, 0.717) is 5.56 Å². The molecule has 0 amide bonds. The number of fused-ring (bicyclic) bond motifs is 1. The first kappa shape index (κ1) is 21.1. The molecule has 2 aromatic carbocycles. The van der Waals surface area contributed by atoms with Crippen LogP contribution in [-0.2, 0) is 0 Å². The number of halogens is 2. The number of anilines is 1. The number of aryl methyl sites for hydroxylation is 1. The molecule has 0 fully saturated rings. The van der Waals surface area contributed by atoms with Crippen molar-refractivity contribution in [3.05, 3.63) is 82.4 Å². The average Bonchev–Trinajstić information content (AvgIpc) is 3.13. The zero-order valence-electron chi connectivity index (χ0n) is 15.7. The van der Waals surface area contributed by atoms with Crippen LogP contribution >= 0.6 is 11.3 Å². The monoisotopic (exact) mass is 426 g/mol. The first-order valence-corrected chi connectivity index (χ1v) is 9.56. The van der Waals surface area contributed by atoms with Crippen molar-refractivity contribution in [3.8, 4) is 11.1 Å². The van der Waals surface area contributed by atoms with Crippen LogP contribution in [0, 0.1) is 18.6 Å². The second kappa shape index (κ2) is 8.79. The lowest BCUT2D eigenvalue weighted by Crippen LogP contribution is -2.02. The van der Waals surface area contributed by atoms with Crippen molar-refractivity contribution in [2.75, 3.05) is 5.73 Å². The van der Waals surface area contributed by atoms with Gasteiger partial charge in [0.2, 0.25) is 0 Å². The van der Waals surface area contributed by atoms with E-state index in [-0.39, 0.29) is 27.3 Å². The number of para-hydroxylation sites is 1. The van der Waals surface area contributed by atoms with Crippen LogP contribution in [0.3, 0.4) is 0 Å². The number of benzene rings is 2. The van der Waals surface area contributed by atoms with Gasteiger partial charge in [-0.05, 0) is 24.6 Å². The van der Waals surface area contributed by atoms with E-state index in [9.17, 15) is 18.4 Å². The Morgan fingerprint density at radius 2 is 1.87 bits per heavy atom. The maximum absolute atomic E-state index is 13.8. The number of carbonyl (C=O) groups is 2. The number of carboxylic acids is 1. The Balaban J connectivity index is 0.000000184. The molecule has 0 aliphatic rings. The lowest BCUT2D eigenvalue weighted by Gasteiger charge is -2.06. The highest BCUT2D eigenvalue weighted by Gasteiger charge is 2.22. The summed E-state index contributed by atoms with van der Waals surface area (Å²) in [5.74, 6) is -3.30. The molecule has 0 radical (unpaired) electrons. The largest absolute Gasteiger partial charge is 0.478 e. The molecule has 4 rings (SSSR count). The van der Waals surface area contributed by atoms with Gasteiger partial charge in [-0.25, -0.2) is 13.6 Å². The van der Waals surface area contributed by atoms with Crippen LogP contribution in [0.5, 0.6) is 0 Å². The molecule has 30 heavy (non-hydrogen) atoms. The molecule has 2 aromatic heterocycles. The summed E-state index contributed by atoms with van der Waals surface area (Å²) in [4.78, 5) is 25.6. The number of carboxylic acid groups (broad SMARTS) is 1. The van der Waals surface area contributed by atoms with E-state index in [1.807, 2.05) is 30.3 Å². The lowest BCUT2D eigenvalue weighted by molar-refractivity contribution is 0.0699. The third-order valence-corrected chi connectivity index (χ3v) is 5.16. The number of aromatic nitrogens is 1. The fraction of sp³-hybridized carbons (Fsp3) is 0.0455. The first-order valence-electron chi connectivity index (χ1n) is 8.68. The summed E-state index contributed by atoms with van der Waals surface area (Å²) in [6, 6.07) is 12.3. The molecule has 0 atom stereocenters. The van der Waals surface area contributed by atoms with Crippen molar-refractivity contribution in [1.29, 1.82) is 0 Å². The molecule has 152 valence electrons. The Morgan fingerprint density at radius 3 is 2.57 bits per heavy atom. The van der Waals surface area contributed by atoms with Gasteiger partial charge < -0.3 is 10.8 Å². The first-order chi connectivity index (χ1) is 14.3. The zero-order valence-corrected chi connectivity index (χ0v) is 16.5. The highest BCUT2D eigenvalue weighted by Crippen LogP contribution is 2.36. The van der Waals surface area contributed by atoms with E-state index in [0.717, 1.165) is 28.5 Å². The lowest BCUT2D eigenvalue weighted by atomic mass is 10.0. The van der Waals surface area contributed by atoms with Crippen LogP contribution in [-0.4, -0.2) is 22.3 Å². The molecule has 0 saturated carbocycles. The third-order valence-electron chi connectivity index (χ3n) is 4.35. The Kier molecular flexibility index (Phi) is 6.17. The molecule has 4 aromatic rings. The zero-order chi connectivity index (χ0) is 21.8. The number of aromatic carboxylic acids is 1. The van der Waals surface area contributed by atoms with Crippen molar-refractivity contribution in [2.45, 2.75) is 6.92 Å². The average molecular weight is 426 g/mol. The Labute approximate surface area is 174 Å². The standard InChI is InChI=1S/C12H9F2NO2S.C10H7NO/c1-5-2-3-6(10(14)9(5)13)7-4-18-11(15)8(7)12(16)17;12-7-8-5-9-3-1-2-4-10(9)11-6-8/h2-4H,15H2,1H3,(H,16,17);1-7H. The smallest absolute Gasteiger partial charge is 0.339 e. The van der Waals surface area contributed by atoms with E-state index >= 15 is 0 Å². The van der Waals surface area contributed by atoms with Gasteiger partial charge in [0, 0.05) is 33.7 Å². The second-order valence-electron chi connectivity index (χ2n) is 6.33. The SMILES string of the molecule is Cc1ccc(-c2csc(N)c2C(=O)O)c(F)c1F.O=Cc1cnc2ccccc2c1. The molecule has 0 spiro atoms. The summed E-state index contributed by atoms with van der Waals surface area (Å²) >= 11 is 0.981. The normalized spacial score (nSPS) is 10.4. The molecule has 3 N–H and O–H groups in total. The molecule has 0 aliphatic carbocycles. The highest BCUT2D eigenvalue weighted by atomic mass is 32.1. The molecular weight excluding hydrogens is 410 g/mol. The van der Waals surface area contributed by atoms with E-state index in [1.165, 1.54) is 24.4 Å². The number of rotatable bonds is 3. The molecule has 0 saturated heterocycles. The molecule has 0 bridgehead atoms. The number of nitrogens with zero attached hydrogens (tertiary/aromatic N) is 1. The second-order valence-corrected chi connectivity index (χ2v) is 7.24. The van der Waals surface area contributed by atoms with Gasteiger partial charge in [-0.2, -0.15) is 0 Å². The topological polar surface area (TPSA) is 93.3 Å². The third kappa shape index (κ3) is 4.18. The summed E-state index contributed by atoms with van der Waals surface area (Å²) in [5, 5.41) is 11.5. The Hall–Kier alpha value is -3.65. The number of aldehydes is 1. The minimum atomic E-state index is -1.26. The van der Waals surface area contributed by atoms with Crippen LogP contribution in [0.4, 0.5) is 13.8 Å². The molecule has 8 heteroatoms. The van der Waals surface area contributed by atoms with Gasteiger partial charge in [-0.1, -0.05) is 30.3 Å². The van der Waals surface area contributed by atoms with Gasteiger partial charge in [-0.3, -0.25) is 9.78 Å². The van der Waals surface area contributed by atoms with Crippen LogP contribution in [0.2, 0.25) is 0 Å². The van der Waals surface area contributed by atoms with Gasteiger partial charge in [0.05, 0.1) is 5.52 Å². The van der Waals surface area contributed by atoms with E-state index in [4.69, 9.17) is 10.8 Å². The summed E-state index contributed by atoms with van der Waals surface area (Å²) in [6.07, 6.45) is 2.38. The van der Waals surface area contributed by atoms with Gasteiger partial charge in [0.15, 0.2) is 17.9 Å². The van der Waals surface area contributed by atoms with E-state index < -0.39 is 17.6 Å². The Morgan fingerprint density at radius 1 is 1.13 bits per heavy atom. The van der Waals surface area contributed by atoms with Gasteiger partial charge >= 0.3 is 5.97 Å². The van der Waals surface area contributed by atoms with Gasteiger partial charge in [-0.15, -0.1) is 11.3 Å². The van der Waals surface area contributed by atoms with Gasteiger partial charge in [0.1, 0.15) is 10.6 Å². The van der Waals surface area contributed by atoms with Crippen molar-refractivity contribution >= 4 is 39.5 Å².